The smallest absolute Gasteiger partial charge is 0.0594 e. The van der Waals surface area contributed by atoms with Crippen molar-refractivity contribution in [2.24, 2.45) is 5.92 Å². The van der Waals surface area contributed by atoms with E-state index in [-0.39, 0.29) is 0 Å². The van der Waals surface area contributed by atoms with Crippen molar-refractivity contribution in [2.45, 2.75) is 19.8 Å². The second kappa shape index (κ2) is 8.93. The van der Waals surface area contributed by atoms with Crippen LogP contribution in [0.15, 0.2) is 0 Å². The monoisotopic (exact) mass is 230 g/mol. The van der Waals surface area contributed by atoms with E-state index in [2.05, 4.69) is 17.1 Å². The lowest BCUT2D eigenvalue weighted by Crippen LogP contribution is -2.41. The summed E-state index contributed by atoms with van der Waals surface area (Å²) in [6.45, 7) is 9.56. The summed E-state index contributed by atoms with van der Waals surface area (Å²) in [7, 11) is 0. The van der Waals surface area contributed by atoms with Crippen molar-refractivity contribution in [3.8, 4) is 0 Å². The first-order valence-electron chi connectivity index (χ1n) is 6.48. The van der Waals surface area contributed by atoms with Crippen molar-refractivity contribution < 1.29 is 9.84 Å². The first-order chi connectivity index (χ1) is 7.86. The quantitative estimate of drug-likeness (QED) is 0.589. The summed E-state index contributed by atoms with van der Waals surface area (Å²) >= 11 is 0. The highest BCUT2D eigenvalue weighted by atomic mass is 16.5. The number of aliphatic hydroxyl groups is 1. The van der Waals surface area contributed by atoms with E-state index in [9.17, 15) is 0 Å². The maximum absolute atomic E-state index is 8.88. The Labute approximate surface area is 99.0 Å². The first kappa shape index (κ1) is 13.9. The zero-order valence-electron chi connectivity index (χ0n) is 10.5. The molecule has 0 spiro atoms. The second-order valence-corrected chi connectivity index (χ2v) is 4.44. The Balaban J connectivity index is 1.97. The van der Waals surface area contributed by atoms with Gasteiger partial charge in [0.05, 0.1) is 13.2 Å². The molecule has 2 N–H and O–H groups in total. The molecule has 1 aliphatic rings. The van der Waals surface area contributed by atoms with Crippen molar-refractivity contribution >= 4 is 0 Å². The molecule has 1 unspecified atom stereocenters. The molecule has 4 nitrogen and oxygen atoms in total. The molecular weight excluding hydrogens is 204 g/mol. The van der Waals surface area contributed by atoms with Crippen LogP contribution in [0.5, 0.6) is 0 Å². The van der Waals surface area contributed by atoms with Crippen LogP contribution in [0.2, 0.25) is 0 Å². The number of hydrogen-bond acceptors (Lipinski definition) is 4. The van der Waals surface area contributed by atoms with Crippen LogP contribution in [0.4, 0.5) is 0 Å². The molecule has 96 valence electrons. The number of rotatable bonds is 8. The molecule has 1 atom stereocenters. The van der Waals surface area contributed by atoms with Crippen LogP contribution in [0.25, 0.3) is 0 Å². The van der Waals surface area contributed by atoms with Gasteiger partial charge in [0.15, 0.2) is 0 Å². The number of hydrogen-bond donors (Lipinski definition) is 2. The van der Waals surface area contributed by atoms with Crippen molar-refractivity contribution in [1.82, 2.24) is 10.2 Å². The minimum Gasteiger partial charge on any atom is -0.396 e. The highest BCUT2D eigenvalue weighted by Gasteiger charge is 2.09. The highest BCUT2D eigenvalue weighted by Crippen LogP contribution is 2.05. The van der Waals surface area contributed by atoms with Gasteiger partial charge >= 0.3 is 0 Å². The van der Waals surface area contributed by atoms with Gasteiger partial charge in [-0.25, -0.2) is 0 Å². The summed E-state index contributed by atoms with van der Waals surface area (Å²) in [5.74, 6) is 0.620. The van der Waals surface area contributed by atoms with E-state index < -0.39 is 0 Å². The van der Waals surface area contributed by atoms with Crippen LogP contribution >= 0.6 is 0 Å². The van der Waals surface area contributed by atoms with Gasteiger partial charge in [0.1, 0.15) is 0 Å². The van der Waals surface area contributed by atoms with E-state index in [4.69, 9.17) is 9.84 Å². The van der Waals surface area contributed by atoms with Crippen LogP contribution < -0.4 is 5.32 Å². The van der Waals surface area contributed by atoms with Crippen LogP contribution in [-0.4, -0.2) is 62.6 Å². The average Bonchev–Trinajstić information content (AvgIpc) is 2.34. The van der Waals surface area contributed by atoms with E-state index in [1.54, 1.807) is 0 Å². The van der Waals surface area contributed by atoms with Gasteiger partial charge in [0, 0.05) is 32.8 Å². The van der Waals surface area contributed by atoms with Gasteiger partial charge in [0.25, 0.3) is 0 Å². The molecule has 1 saturated heterocycles. The molecule has 1 fully saturated rings. The highest BCUT2D eigenvalue weighted by molar-refractivity contribution is 4.65. The third-order valence-electron chi connectivity index (χ3n) is 3.26. The predicted molar refractivity (Wildman–Crippen MR) is 65.6 cm³/mol. The summed E-state index contributed by atoms with van der Waals surface area (Å²) < 4.78 is 5.30. The second-order valence-electron chi connectivity index (χ2n) is 4.44. The maximum atomic E-state index is 8.88. The Morgan fingerprint density at radius 3 is 2.75 bits per heavy atom. The number of nitrogens with zero attached hydrogens (tertiary/aromatic N) is 1. The minimum absolute atomic E-state index is 0.309. The van der Waals surface area contributed by atoms with Crippen LogP contribution in [0.1, 0.15) is 19.8 Å². The normalized spacial score (nSPS) is 19.9. The van der Waals surface area contributed by atoms with Gasteiger partial charge in [0.2, 0.25) is 0 Å². The Morgan fingerprint density at radius 2 is 2.12 bits per heavy atom. The average molecular weight is 230 g/mol. The summed E-state index contributed by atoms with van der Waals surface area (Å²) in [4.78, 5) is 2.43. The molecule has 1 heterocycles. The molecule has 0 aromatic heterocycles. The molecule has 0 aromatic rings. The van der Waals surface area contributed by atoms with Crippen molar-refractivity contribution in [1.29, 1.82) is 0 Å². The van der Waals surface area contributed by atoms with Gasteiger partial charge < -0.3 is 15.2 Å². The van der Waals surface area contributed by atoms with Gasteiger partial charge in [-0.05, 0) is 18.9 Å². The molecule has 0 saturated carbocycles. The molecule has 0 bridgehead atoms. The number of ether oxygens (including phenoxy) is 1. The molecule has 0 aliphatic carbocycles. The van der Waals surface area contributed by atoms with Gasteiger partial charge in [-0.2, -0.15) is 0 Å². The predicted octanol–water partition coefficient (Wildman–Crippen LogP) is 0.317. The summed E-state index contributed by atoms with van der Waals surface area (Å²) in [6, 6.07) is 0. The Bertz CT molecular complexity index is 154. The van der Waals surface area contributed by atoms with Crippen molar-refractivity contribution in [3.63, 3.8) is 0 Å². The van der Waals surface area contributed by atoms with Gasteiger partial charge in [-0.1, -0.05) is 13.3 Å². The third kappa shape index (κ3) is 5.80. The fraction of sp³-hybridized carbons (Fsp3) is 1.00. The summed E-state index contributed by atoms with van der Waals surface area (Å²) in [5, 5.41) is 12.4. The van der Waals surface area contributed by atoms with E-state index in [0.717, 1.165) is 58.8 Å². The molecule has 1 rings (SSSR count). The Morgan fingerprint density at radius 1 is 1.38 bits per heavy atom. The molecule has 0 aromatic carbocycles. The zero-order valence-corrected chi connectivity index (χ0v) is 10.5. The lowest BCUT2D eigenvalue weighted by molar-refractivity contribution is 0.0383. The Hall–Kier alpha value is -0.160. The van der Waals surface area contributed by atoms with Crippen LogP contribution in [-0.2, 0) is 4.74 Å². The standard InChI is InChI=1S/C12H26N2O2/c1-2-12(3-8-15)11-13-4-5-14-6-9-16-10-7-14/h12-13,15H,2-11H2,1H3. The van der Waals surface area contributed by atoms with E-state index in [1.807, 2.05) is 0 Å². The molecule has 4 heteroatoms. The minimum atomic E-state index is 0.309. The van der Waals surface area contributed by atoms with E-state index in [0.29, 0.717) is 12.5 Å². The SMILES string of the molecule is CCC(CCO)CNCCN1CCOCC1. The number of morpholine rings is 1. The molecule has 1 aliphatic heterocycles. The van der Waals surface area contributed by atoms with Crippen LogP contribution in [0, 0.1) is 5.92 Å². The molecule has 16 heavy (non-hydrogen) atoms. The number of aliphatic hydroxyl groups excluding tert-OH is 1. The first-order valence-corrected chi connectivity index (χ1v) is 6.48. The molecule has 0 amide bonds. The fourth-order valence-corrected chi connectivity index (χ4v) is 2.00. The lowest BCUT2D eigenvalue weighted by atomic mass is 10.0. The largest absolute Gasteiger partial charge is 0.396 e. The molecule has 0 radical (unpaired) electrons. The van der Waals surface area contributed by atoms with Crippen molar-refractivity contribution in [3.05, 3.63) is 0 Å². The summed E-state index contributed by atoms with van der Waals surface area (Å²) in [5.41, 5.74) is 0. The lowest BCUT2D eigenvalue weighted by Gasteiger charge is -2.26. The van der Waals surface area contributed by atoms with E-state index in [1.165, 1.54) is 0 Å². The van der Waals surface area contributed by atoms with E-state index >= 15 is 0 Å². The topological polar surface area (TPSA) is 44.7 Å². The zero-order chi connectivity index (χ0) is 11.6. The van der Waals surface area contributed by atoms with Crippen molar-refractivity contribution in [2.75, 3.05) is 52.5 Å². The number of nitrogens with one attached hydrogen (secondary N) is 1. The maximum Gasteiger partial charge on any atom is 0.0594 e. The third-order valence-corrected chi connectivity index (χ3v) is 3.26. The van der Waals surface area contributed by atoms with Gasteiger partial charge in [-0.3, -0.25) is 4.90 Å². The Kier molecular flexibility index (Phi) is 7.76. The fourth-order valence-electron chi connectivity index (χ4n) is 2.00. The summed E-state index contributed by atoms with van der Waals surface area (Å²) in [6.07, 6.45) is 2.06. The molecular formula is C12H26N2O2. The van der Waals surface area contributed by atoms with Gasteiger partial charge in [-0.15, -0.1) is 0 Å². The van der Waals surface area contributed by atoms with Crippen LogP contribution in [0.3, 0.4) is 0 Å².